The van der Waals surface area contributed by atoms with Crippen LogP contribution in [0, 0.1) is 23.0 Å². The topological polar surface area (TPSA) is 140 Å². The lowest BCUT2D eigenvalue weighted by Gasteiger charge is -2.30. The van der Waals surface area contributed by atoms with Gasteiger partial charge in [-0.3, -0.25) is 19.9 Å². The van der Waals surface area contributed by atoms with Crippen LogP contribution in [-0.2, 0) is 14.8 Å². The molecule has 1 fully saturated rings. The highest BCUT2D eigenvalue weighted by Crippen LogP contribution is 2.26. The van der Waals surface area contributed by atoms with Crippen LogP contribution in [0.4, 0.5) is 11.5 Å². The molecule has 172 valence electrons. The molecule has 1 saturated heterocycles. The highest BCUT2D eigenvalue weighted by Gasteiger charge is 2.32. The predicted octanol–water partition coefficient (Wildman–Crippen LogP) is 2.52. The Morgan fingerprint density at radius 1 is 1.18 bits per heavy atom. The number of nitrogens with one attached hydrogen (secondary N) is 1. The second-order valence-electron chi connectivity index (χ2n) is 7.71. The summed E-state index contributed by atoms with van der Waals surface area (Å²) in [6.45, 7) is 2.24. The van der Waals surface area contributed by atoms with Crippen molar-refractivity contribution in [1.82, 2.24) is 19.1 Å². The van der Waals surface area contributed by atoms with Gasteiger partial charge in [-0.05, 0) is 44.0 Å². The van der Waals surface area contributed by atoms with Gasteiger partial charge >= 0.3 is 0 Å². The average molecular weight is 471 g/mol. The molecule has 0 saturated carbocycles. The summed E-state index contributed by atoms with van der Waals surface area (Å²) in [5.74, 6) is -0.140. The van der Waals surface area contributed by atoms with Crippen LogP contribution in [0.2, 0.25) is 0 Å². The van der Waals surface area contributed by atoms with Crippen LogP contribution in [0.15, 0.2) is 59.8 Å². The summed E-state index contributed by atoms with van der Waals surface area (Å²) < 4.78 is 28.4. The van der Waals surface area contributed by atoms with Gasteiger partial charge in [-0.2, -0.15) is 9.40 Å². The fourth-order valence-electron chi connectivity index (χ4n) is 3.74. The highest BCUT2D eigenvalue weighted by molar-refractivity contribution is 7.89. The standard InChI is InChI=1S/C21H22N6O5S/c1-15-13-20(26(24-15)17-4-6-18(7-5-17)27(29)30)23-21(28)16-8-11-25(12-9-16)33(31,32)19-3-2-10-22-14-19/h2-7,10,13-14,16H,8-9,11-12H2,1H3,(H,23,28). The Morgan fingerprint density at radius 2 is 1.88 bits per heavy atom. The minimum Gasteiger partial charge on any atom is -0.310 e. The van der Waals surface area contributed by atoms with Crippen LogP contribution in [0.3, 0.4) is 0 Å². The number of non-ortho nitro benzene ring substituents is 1. The quantitative estimate of drug-likeness (QED) is 0.431. The van der Waals surface area contributed by atoms with E-state index in [2.05, 4.69) is 15.4 Å². The first kappa shape index (κ1) is 22.6. The SMILES string of the molecule is Cc1cc(NC(=O)C2CCN(S(=O)(=O)c3cccnc3)CC2)n(-c2ccc([N+](=O)[O-])cc2)n1. The van der Waals surface area contributed by atoms with Gasteiger partial charge in [-0.15, -0.1) is 0 Å². The summed E-state index contributed by atoms with van der Waals surface area (Å²) in [4.78, 5) is 27.3. The summed E-state index contributed by atoms with van der Waals surface area (Å²) in [6, 6.07) is 10.6. The molecule has 4 rings (SSSR count). The van der Waals surface area contributed by atoms with Crippen LogP contribution in [0.25, 0.3) is 5.69 Å². The molecule has 33 heavy (non-hydrogen) atoms. The molecular formula is C21H22N6O5S. The van der Waals surface area contributed by atoms with Crippen molar-refractivity contribution in [3.8, 4) is 5.69 Å². The van der Waals surface area contributed by atoms with Gasteiger partial charge in [0.2, 0.25) is 15.9 Å². The number of nitrogens with zero attached hydrogens (tertiary/aromatic N) is 5. The molecule has 2 aromatic heterocycles. The smallest absolute Gasteiger partial charge is 0.269 e. The van der Waals surface area contributed by atoms with Crippen molar-refractivity contribution in [1.29, 1.82) is 0 Å². The second-order valence-corrected chi connectivity index (χ2v) is 9.65. The lowest BCUT2D eigenvalue weighted by atomic mass is 9.97. The fourth-order valence-corrected chi connectivity index (χ4v) is 5.17. The van der Waals surface area contributed by atoms with Crippen molar-refractivity contribution >= 4 is 27.4 Å². The molecule has 1 aliphatic heterocycles. The fraction of sp³-hybridized carbons (Fsp3) is 0.286. The monoisotopic (exact) mass is 470 g/mol. The van der Waals surface area contributed by atoms with E-state index in [1.54, 1.807) is 31.2 Å². The predicted molar refractivity (Wildman–Crippen MR) is 119 cm³/mol. The maximum absolute atomic E-state index is 12.9. The molecule has 0 aliphatic carbocycles. The van der Waals surface area contributed by atoms with Gasteiger partial charge < -0.3 is 5.32 Å². The van der Waals surface area contributed by atoms with E-state index < -0.39 is 14.9 Å². The third-order valence-corrected chi connectivity index (χ3v) is 7.37. The Bertz CT molecular complexity index is 1270. The minimum absolute atomic E-state index is 0.0405. The van der Waals surface area contributed by atoms with Gasteiger partial charge in [-0.25, -0.2) is 13.1 Å². The Hall–Kier alpha value is -3.64. The summed E-state index contributed by atoms with van der Waals surface area (Å²) in [5, 5.41) is 18.1. The molecule has 0 bridgehead atoms. The molecule has 0 atom stereocenters. The number of carbonyl (C=O) groups is 1. The number of benzene rings is 1. The lowest BCUT2D eigenvalue weighted by molar-refractivity contribution is -0.384. The largest absolute Gasteiger partial charge is 0.310 e. The number of nitro benzene ring substituents is 1. The number of pyridine rings is 1. The number of hydrogen-bond donors (Lipinski definition) is 1. The van der Waals surface area contributed by atoms with Gasteiger partial charge in [0.25, 0.3) is 5.69 Å². The number of piperidine rings is 1. The molecule has 12 heteroatoms. The summed E-state index contributed by atoms with van der Waals surface area (Å²) in [5.41, 5.74) is 1.20. The van der Waals surface area contributed by atoms with E-state index in [0.717, 1.165) is 0 Å². The van der Waals surface area contributed by atoms with Crippen molar-refractivity contribution < 1.29 is 18.1 Å². The number of anilines is 1. The average Bonchev–Trinajstić information content (AvgIpc) is 3.19. The van der Waals surface area contributed by atoms with Crippen molar-refractivity contribution in [2.24, 2.45) is 5.92 Å². The number of hydrogen-bond acceptors (Lipinski definition) is 7. The first-order valence-corrected chi connectivity index (χ1v) is 11.7. The van der Waals surface area contributed by atoms with E-state index in [4.69, 9.17) is 0 Å². The van der Waals surface area contributed by atoms with Crippen molar-refractivity contribution in [3.05, 3.63) is 70.7 Å². The van der Waals surface area contributed by atoms with Crippen molar-refractivity contribution in [2.45, 2.75) is 24.7 Å². The van der Waals surface area contributed by atoms with Crippen LogP contribution >= 0.6 is 0 Å². The van der Waals surface area contributed by atoms with Crippen molar-refractivity contribution in [2.75, 3.05) is 18.4 Å². The Morgan fingerprint density at radius 3 is 2.48 bits per heavy atom. The number of aryl methyl sites for hydroxylation is 1. The first-order chi connectivity index (χ1) is 15.8. The van der Waals surface area contributed by atoms with E-state index in [-0.39, 0.29) is 35.5 Å². The molecule has 11 nitrogen and oxygen atoms in total. The van der Waals surface area contributed by atoms with Crippen LogP contribution in [0.1, 0.15) is 18.5 Å². The van der Waals surface area contributed by atoms with Crippen LogP contribution in [0.5, 0.6) is 0 Å². The maximum atomic E-state index is 12.9. The van der Waals surface area contributed by atoms with E-state index in [9.17, 15) is 23.3 Å². The van der Waals surface area contributed by atoms with E-state index in [0.29, 0.717) is 30.0 Å². The summed E-state index contributed by atoms with van der Waals surface area (Å²) in [6.07, 6.45) is 3.60. The molecule has 1 aliphatic rings. The Balaban J connectivity index is 1.43. The molecular weight excluding hydrogens is 448 g/mol. The second kappa shape index (κ2) is 9.08. The zero-order valence-electron chi connectivity index (χ0n) is 17.8. The molecule has 0 spiro atoms. The number of carbonyl (C=O) groups excluding carboxylic acids is 1. The maximum Gasteiger partial charge on any atom is 0.269 e. The summed E-state index contributed by atoms with van der Waals surface area (Å²) in [7, 11) is -3.64. The molecule has 1 amide bonds. The van der Waals surface area contributed by atoms with Crippen LogP contribution in [-0.4, -0.2) is 51.4 Å². The van der Waals surface area contributed by atoms with E-state index in [1.165, 1.54) is 39.6 Å². The van der Waals surface area contributed by atoms with Gasteiger partial charge in [0.15, 0.2) is 0 Å². The highest BCUT2D eigenvalue weighted by atomic mass is 32.2. The zero-order chi connectivity index (χ0) is 23.6. The zero-order valence-corrected chi connectivity index (χ0v) is 18.6. The van der Waals surface area contributed by atoms with Gasteiger partial charge in [0.1, 0.15) is 10.7 Å². The normalized spacial score (nSPS) is 15.3. The lowest BCUT2D eigenvalue weighted by Crippen LogP contribution is -2.41. The Kier molecular flexibility index (Phi) is 6.20. The van der Waals surface area contributed by atoms with E-state index in [1.807, 2.05) is 0 Å². The number of nitro groups is 1. The molecule has 0 radical (unpaired) electrons. The number of aromatic nitrogens is 3. The van der Waals surface area contributed by atoms with Crippen LogP contribution < -0.4 is 5.32 Å². The number of sulfonamides is 1. The summed E-state index contributed by atoms with van der Waals surface area (Å²) >= 11 is 0. The van der Waals surface area contributed by atoms with Crippen molar-refractivity contribution in [3.63, 3.8) is 0 Å². The third kappa shape index (κ3) is 4.76. The number of amides is 1. The molecule has 0 unspecified atom stereocenters. The molecule has 3 heterocycles. The van der Waals surface area contributed by atoms with Gasteiger partial charge in [0, 0.05) is 49.6 Å². The molecule has 3 aromatic rings. The van der Waals surface area contributed by atoms with Gasteiger partial charge in [-0.1, -0.05) is 0 Å². The van der Waals surface area contributed by atoms with E-state index >= 15 is 0 Å². The third-order valence-electron chi connectivity index (χ3n) is 5.48. The Labute approximate surface area is 190 Å². The first-order valence-electron chi connectivity index (χ1n) is 10.3. The molecule has 1 aromatic carbocycles. The minimum atomic E-state index is -3.64. The molecule has 1 N–H and O–H groups in total. The number of rotatable bonds is 6. The van der Waals surface area contributed by atoms with Gasteiger partial charge in [0.05, 0.1) is 16.3 Å².